The van der Waals surface area contributed by atoms with E-state index in [1.54, 1.807) is 37.6 Å². The lowest BCUT2D eigenvalue weighted by Crippen LogP contribution is -2.25. The third-order valence-electron chi connectivity index (χ3n) is 4.55. The molecule has 0 aliphatic heterocycles. The van der Waals surface area contributed by atoms with Crippen LogP contribution in [0.3, 0.4) is 0 Å². The fourth-order valence-corrected chi connectivity index (χ4v) is 3.98. The molecule has 0 aliphatic rings. The summed E-state index contributed by atoms with van der Waals surface area (Å²) in [7, 11) is 1.62. The number of carbonyl (C=O) groups excluding carboxylic acids is 1. The van der Waals surface area contributed by atoms with Gasteiger partial charge < -0.3 is 9.47 Å². The third kappa shape index (κ3) is 4.95. The predicted octanol–water partition coefficient (Wildman–Crippen LogP) is 5.77. The Kier molecular flexibility index (Phi) is 6.47. The molecule has 4 aromatic rings. The van der Waals surface area contributed by atoms with Gasteiger partial charge in [0.15, 0.2) is 0 Å². The van der Waals surface area contributed by atoms with E-state index in [-0.39, 0.29) is 12.0 Å². The molecule has 0 saturated heterocycles. The van der Waals surface area contributed by atoms with Crippen LogP contribution in [0.2, 0.25) is 0 Å². The molecule has 6 nitrogen and oxygen atoms in total. The van der Waals surface area contributed by atoms with Crippen molar-refractivity contribution < 1.29 is 14.3 Å². The number of rotatable bonds is 7. The van der Waals surface area contributed by atoms with Gasteiger partial charge in [0.1, 0.15) is 11.5 Å². The topological polar surface area (TPSA) is 64.0 Å². The molecule has 1 amide bonds. The van der Waals surface area contributed by atoms with Crippen LogP contribution < -0.4 is 14.5 Å². The number of fused-ring (bicyclic) bond motifs is 1. The van der Waals surface area contributed by atoms with Gasteiger partial charge in [0, 0.05) is 5.56 Å². The first-order valence-electron chi connectivity index (χ1n) is 10.2. The highest BCUT2D eigenvalue weighted by Crippen LogP contribution is 2.32. The second-order valence-electron chi connectivity index (χ2n) is 7.29. The van der Waals surface area contributed by atoms with Crippen LogP contribution in [0.4, 0.5) is 5.13 Å². The summed E-state index contributed by atoms with van der Waals surface area (Å²) in [6, 6.07) is 22.3. The van der Waals surface area contributed by atoms with E-state index in [1.807, 2.05) is 62.4 Å². The number of hydrogen-bond acceptors (Lipinski definition) is 6. The van der Waals surface area contributed by atoms with Gasteiger partial charge in [-0.05, 0) is 61.9 Å². The van der Waals surface area contributed by atoms with E-state index in [1.165, 1.54) is 16.3 Å². The van der Waals surface area contributed by atoms with E-state index in [2.05, 4.69) is 10.1 Å². The van der Waals surface area contributed by atoms with Gasteiger partial charge in [0.05, 0.1) is 29.6 Å². The molecule has 0 bridgehead atoms. The van der Waals surface area contributed by atoms with Gasteiger partial charge in [-0.1, -0.05) is 41.7 Å². The van der Waals surface area contributed by atoms with Gasteiger partial charge in [0.2, 0.25) is 5.13 Å². The van der Waals surface area contributed by atoms with Crippen molar-refractivity contribution in [3.05, 3.63) is 83.9 Å². The number of anilines is 1. The smallest absolute Gasteiger partial charge is 0.280 e. The maximum absolute atomic E-state index is 13.4. The molecule has 3 aromatic carbocycles. The molecule has 4 rings (SSSR count). The van der Waals surface area contributed by atoms with Crippen molar-refractivity contribution in [2.45, 2.75) is 20.0 Å². The molecule has 0 aliphatic carbocycles. The van der Waals surface area contributed by atoms with Crippen LogP contribution in [-0.2, 0) is 0 Å². The van der Waals surface area contributed by atoms with Crippen LogP contribution in [0.15, 0.2) is 77.9 Å². The highest BCUT2D eigenvalue weighted by molar-refractivity contribution is 7.22. The summed E-state index contributed by atoms with van der Waals surface area (Å²) in [5, 5.41) is 6.31. The van der Waals surface area contributed by atoms with Gasteiger partial charge in [-0.25, -0.2) is 4.98 Å². The molecule has 0 saturated carbocycles. The van der Waals surface area contributed by atoms with Crippen molar-refractivity contribution in [2.24, 2.45) is 5.10 Å². The zero-order valence-corrected chi connectivity index (χ0v) is 18.9. The number of benzene rings is 3. The van der Waals surface area contributed by atoms with Crippen LogP contribution in [0.5, 0.6) is 11.5 Å². The normalized spacial score (nSPS) is 11.2. The number of methoxy groups -OCH3 is 1. The summed E-state index contributed by atoms with van der Waals surface area (Å²) < 4.78 is 11.9. The van der Waals surface area contributed by atoms with Crippen LogP contribution in [-0.4, -0.2) is 30.3 Å². The maximum Gasteiger partial charge on any atom is 0.280 e. The Balaban J connectivity index is 1.70. The summed E-state index contributed by atoms with van der Waals surface area (Å²) >= 11 is 1.38. The van der Waals surface area contributed by atoms with Crippen LogP contribution in [0.25, 0.3) is 10.2 Å². The number of amides is 1. The van der Waals surface area contributed by atoms with Crippen molar-refractivity contribution in [1.29, 1.82) is 0 Å². The van der Waals surface area contributed by atoms with Crippen molar-refractivity contribution in [2.75, 3.05) is 12.1 Å². The lowest BCUT2D eigenvalue weighted by molar-refractivity contribution is 0.0988. The average Bonchev–Trinajstić information content (AvgIpc) is 3.22. The Morgan fingerprint density at radius 3 is 2.44 bits per heavy atom. The van der Waals surface area contributed by atoms with E-state index in [4.69, 9.17) is 9.47 Å². The molecule has 1 heterocycles. The van der Waals surface area contributed by atoms with Crippen molar-refractivity contribution >= 4 is 38.8 Å². The Morgan fingerprint density at radius 1 is 1.03 bits per heavy atom. The molecule has 0 radical (unpaired) electrons. The molecular weight excluding hydrogens is 422 g/mol. The van der Waals surface area contributed by atoms with E-state index >= 15 is 0 Å². The first kappa shape index (κ1) is 21.5. The summed E-state index contributed by atoms with van der Waals surface area (Å²) in [4.78, 5) is 18.0. The highest BCUT2D eigenvalue weighted by Gasteiger charge is 2.21. The zero-order chi connectivity index (χ0) is 22.5. The first-order chi connectivity index (χ1) is 15.5. The van der Waals surface area contributed by atoms with E-state index < -0.39 is 0 Å². The lowest BCUT2D eigenvalue weighted by Gasteiger charge is -2.15. The Hall–Kier alpha value is -3.71. The first-order valence-corrected chi connectivity index (χ1v) is 11.0. The summed E-state index contributed by atoms with van der Waals surface area (Å²) in [5.41, 5.74) is 2.15. The maximum atomic E-state index is 13.4. The lowest BCUT2D eigenvalue weighted by atomic mass is 10.2. The molecule has 32 heavy (non-hydrogen) atoms. The minimum absolute atomic E-state index is 0.0586. The summed E-state index contributed by atoms with van der Waals surface area (Å²) in [6.45, 7) is 3.92. The number of ether oxygens (including phenoxy) is 2. The fraction of sp³-hybridized carbons (Fsp3) is 0.160. The van der Waals surface area contributed by atoms with Gasteiger partial charge in [0.25, 0.3) is 5.91 Å². The molecule has 7 heteroatoms. The van der Waals surface area contributed by atoms with Crippen molar-refractivity contribution in [3.63, 3.8) is 0 Å². The molecule has 0 N–H and O–H groups in total. The predicted molar refractivity (Wildman–Crippen MR) is 129 cm³/mol. The average molecular weight is 446 g/mol. The second kappa shape index (κ2) is 9.62. The molecular formula is C25H23N3O3S. The monoisotopic (exact) mass is 445 g/mol. The quantitative estimate of drug-likeness (QED) is 0.267. The Morgan fingerprint density at radius 2 is 1.75 bits per heavy atom. The van der Waals surface area contributed by atoms with Gasteiger partial charge in [-0.15, -0.1) is 0 Å². The fourth-order valence-electron chi connectivity index (χ4n) is 3.03. The van der Waals surface area contributed by atoms with E-state index in [0.717, 1.165) is 21.5 Å². The Labute approximate surface area is 190 Å². The standard InChI is InChI=1S/C25H23N3O3S/c1-17(2)31-20-11-9-19(10-12-20)24(29)28(26-16-18-7-5-4-6-8-18)25-27-22-14-13-21(30-3)15-23(22)32-25/h4-17H,1-3H3/b26-16+. The highest BCUT2D eigenvalue weighted by atomic mass is 32.1. The Bertz CT molecular complexity index is 1230. The second-order valence-corrected chi connectivity index (χ2v) is 8.30. The summed E-state index contributed by atoms with van der Waals surface area (Å²) in [6.07, 6.45) is 1.71. The van der Waals surface area contributed by atoms with Crippen molar-refractivity contribution in [1.82, 2.24) is 4.98 Å². The minimum Gasteiger partial charge on any atom is -0.497 e. The molecule has 0 spiro atoms. The van der Waals surface area contributed by atoms with Crippen LogP contribution in [0.1, 0.15) is 29.8 Å². The number of hydrazone groups is 1. The number of thiazole rings is 1. The van der Waals surface area contributed by atoms with Crippen molar-refractivity contribution in [3.8, 4) is 11.5 Å². The van der Waals surface area contributed by atoms with Gasteiger partial charge in [-0.2, -0.15) is 10.1 Å². The molecule has 1 aromatic heterocycles. The molecule has 0 atom stereocenters. The van der Waals surface area contributed by atoms with Gasteiger partial charge in [-0.3, -0.25) is 4.79 Å². The zero-order valence-electron chi connectivity index (χ0n) is 18.1. The van der Waals surface area contributed by atoms with E-state index in [9.17, 15) is 4.79 Å². The number of nitrogens with zero attached hydrogens (tertiary/aromatic N) is 3. The van der Waals surface area contributed by atoms with E-state index in [0.29, 0.717) is 16.4 Å². The van der Waals surface area contributed by atoms with Crippen LogP contribution >= 0.6 is 11.3 Å². The van der Waals surface area contributed by atoms with Crippen LogP contribution in [0, 0.1) is 0 Å². The molecule has 162 valence electrons. The third-order valence-corrected chi connectivity index (χ3v) is 5.55. The van der Waals surface area contributed by atoms with Gasteiger partial charge >= 0.3 is 0 Å². The minimum atomic E-state index is -0.278. The SMILES string of the molecule is COc1ccc2nc(N(/N=C/c3ccccc3)C(=O)c3ccc(OC(C)C)cc3)sc2c1. The number of carbonyl (C=O) groups is 1. The molecule has 0 fully saturated rings. The number of hydrogen-bond donors (Lipinski definition) is 0. The number of aromatic nitrogens is 1. The molecule has 0 unspecified atom stereocenters. The summed E-state index contributed by atoms with van der Waals surface area (Å²) in [5.74, 6) is 1.17. The largest absolute Gasteiger partial charge is 0.497 e.